The van der Waals surface area contributed by atoms with Gasteiger partial charge < -0.3 is 10.3 Å². The maximum absolute atomic E-state index is 11.3. The molecule has 2 N–H and O–H groups in total. The number of imidazole rings is 1. The third kappa shape index (κ3) is 2.10. The van der Waals surface area contributed by atoms with Crippen molar-refractivity contribution in [1.82, 2.24) is 14.5 Å². The van der Waals surface area contributed by atoms with E-state index in [1.807, 2.05) is 10.6 Å². The van der Waals surface area contributed by atoms with Gasteiger partial charge in [-0.2, -0.15) is 0 Å². The van der Waals surface area contributed by atoms with E-state index in [1.165, 1.54) is 0 Å². The molecule has 2 heterocycles. The quantitative estimate of drug-likeness (QED) is 0.833. The van der Waals surface area contributed by atoms with Crippen molar-refractivity contribution >= 4 is 28.5 Å². The van der Waals surface area contributed by atoms with Crippen molar-refractivity contribution in [3.63, 3.8) is 0 Å². The summed E-state index contributed by atoms with van der Waals surface area (Å²) in [4.78, 5) is 19.7. The second kappa shape index (κ2) is 4.71. The summed E-state index contributed by atoms with van der Waals surface area (Å²) >= 11 is 5.73. The monoisotopic (exact) mass is 252 g/mol. The molecule has 0 fully saturated rings. The van der Waals surface area contributed by atoms with Crippen molar-refractivity contribution < 1.29 is 4.79 Å². The van der Waals surface area contributed by atoms with Gasteiger partial charge in [-0.05, 0) is 13.0 Å². The zero-order valence-electron chi connectivity index (χ0n) is 9.43. The molecule has 2 aromatic rings. The number of pyridine rings is 1. The topological polar surface area (TPSA) is 73.8 Å². The minimum atomic E-state index is -0.444. The Kier molecular flexibility index (Phi) is 3.28. The molecule has 1 amide bonds. The lowest BCUT2D eigenvalue weighted by Gasteiger charge is -2.13. The molecular formula is C11H13ClN4O. The van der Waals surface area contributed by atoms with E-state index in [0.717, 1.165) is 16.9 Å². The molecule has 0 aliphatic rings. The number of nitrogens with zero attached hydrogens (tertiary/aromatic N) is 3. The van der Waals surface area contributed by atoms with Gasteiger partial charge in [0, 0.05) is 18.5 Å². The Balaban J connectivity index is 2.63. The number of alkyl halides is 1. The first-order chi connectivity index (χ1) is 8.15. The van der Waals surface area contributed by atoms with E-state index in [2.05, 4.69) is 9.97 Å². The Bertz CT molecular complexity index is 551. The van der Waals surface area contributed by atoms with Crippen LogP contribution in [0.15, 0.2) is 18.5 Å². The third-order valence-corrected chi connectivity index (χ3v) is 2.87. The summed E-state index contributed by atoms with van der Waals surface area (Å²) in [5, 5.41) is 0. The number of halogens is 1. The molecule has 90 valence electrons. The Morgan fingerprint density at radius 1 is 1.65 bits per heavy atom. The number of nitrogens with two attached hydrogens (primary N) is 1. The number of aryl methyl sites for hydroxylation is 1. The van der Waals surface area contributed by atoms with Crippen LogP contribution in [0.2, 0.25) is 0 Å². The lowest BCUT2D eigenvalue weighted by atomic mass is 10.3. The van der Waals surface area contributed by atoms with Gasteiger partial charge in [0.25, 0.3) is 0 Å². The minimum Gasteiger partial charge on any atom is -0.368 e. The predicted octanol–water partition coefficient (Wildman–Crippen LogP) is 1.26. The molecule has 0 aliphatic carbocycles. The summed E-state index contributed by atoms with van der Waals surface area (Å²) in [6.07, 6.45) is 3.92. The van der Waals surface area contributed by atoms with E-state index in [-0.39, 0.29) is 0 Å². The number of rotatable bonds is 4. The first-order valence-corrected chi connectivity index (χ1v) is 5.84. The van der Waals surface area contributed by atoms with E-state index in [4.69, 9.17) is 17.3 Å². The van der Waals surface area contributed by atoms with Gasteiger partial charge in [-0.15, -0.1) is 11.6 Å². The molecule has 5 nitrogen and oxygen atoms in total. The standard InChI is InChI=1S/C11H13ClN4O/c1-7(11(13)17)16-9-3-5-14-6-8(9)15-10(16)2-4-12/h3,5-7H,2,4H2,1H3,(H2,13,17). The summed E-state index contributed by atoms with van der Waals surface area (Å²) in [5.74, 6) is 0.814. The molecule has 6 heteroatoms. The van der Waals surface area contributed by atoms with Crippen molar-refractivity contribution in [3.8, 4) is 0 Å². The fraction of sp³-hybridized carbons (Fsp3) is 0.364. The first kappa shape index (κ1) is 11.9. The van der Waals surface area contributed by atoms with Crippen LogP contribution < -0.4 is 5.73 Å². The highest BCUT2D eigenvalue weighted by molar-refractivity contribution is 6.17. The van der Waals surface area contributed by atoms with Crippen LogP contribution in [0.5, 0.6) is 0 Å². The number of fused-ring (bicyclic) bond motifs is 1. The molecular weight excluding hydrogens is 240 g/mol. The number of carbonyl (C=O) groups excluding carboxylic acids is 1. The van der Waals surface area contributed by atoms with E-state index in [9.17, 15) is 4.79 Å². The lowest BCUT2D eigenvalue weighted by Crippen LogP contribution is -2.25. The maximum atomic E-state index is 11.3. The minimum absolute atomic E-state index is 0.392. The van der Waals surface area contributed by atoms with Crippen molar-refractivity contribution in [2.45, 2.75) is 19.4 Å². The molecule has 1 unspecified atom stereocenters. The molecule has 0 saturated carbocycles. The van der Waals surface area contributed by atoms with Crippen LogP contribution in [-0.2, 0) is 11.2 Å². The number of hydrogen-bond acceptors (Lipinski definition) is 3. The predicted molar refractivity (Wildman–Crippen MR) is 65.9 cm³/mol. The average Bonchev–Trinajstić information content (AvgIpc) is 2.66. The lowest BCUT2D eigenvalue weighted by molar-refractivity contribution is -0.120. The highest BCUT2D eigenvalue weighted by atomic mass is 35.5. The van der Waals surface area contributed by atoms with Crippen LogP contribution in [-0.4, -0.2) is 26.3 Å². The normalized spacial score (nSPS) is 12.8. The van der Waals surface area contributed by atoms with Gasteiger partial charge >= 0.3 is 0 Å². The number of aromatic nitrogens is 3. The summed E-state index contributed by atoms with van der Waals surface area (Å²) in [7, 11) is 0. The number of carbonyl (C=O) groups is 1. The van der Waals surface area contributed by atoms with Crippen LogP contribution in [0.3, 0.4) is 0 Å². The van der Waals surface area contributed by atoms with Crippen LogP contribution in [0.1, 0.15) is 18.8 Å². The number of amides is 1. The molecule has 0 radical (unpaired) electrons. The Labute approximate surface area is 104 Å². The van der Waals surface area contributed by atoms with E-state index >= 15 is 0 Å². The van der Waals surface area contributed by atoms with Crippen molar-refractivity contribution in [3.05, 3.63) is 24.3 Å². The Morgan fingerprint density at radius 3 is 3.06 bits per heavy atom. The Morgan fingerprint density at radius 2 is 2.41 bits per heavy atom. The summed E-state index contributed by atoms with van der Waals surface area (Å²) in [6.45, 7) is 1.75. The van der Waals surface area contributed by atoms with Gasteiger partial charge in [0.2, 0.25) is 5.91 Å². The van der Waals surface area contributed by atoms with Crippen LogP contribution >= 0.6 is 11.6 Å². The average molecular weight is 253 g/mol. The van der Waals surface area contributed by atoms with Gasteiger partial charge in [0.15, 0.2) is 0 Å². The van der Waals surface area contributed by atoms with Gasteiger partial charge in [0.1, 0.15) is 17.4 Å². The van der Waals surface area contributed by atoms with Gasteiger partial charge in [-0.1, -0.05) is 0 Å². The Hall–Kier alpha value is -1.62. The van der Waals surface area contributed by atoms with Crippen molar-refractivity contribution in [1.29, 1.82) is 0 Å². The van der Waals surface area contributed by atoms with Crippen LogP contribution in [0, 0.1) is 0 Å². The molecule has 0 aromatic carbocycles. The van der Waals surface area contributed by atoms with E-state index < -0.39 is 11.9 Å². The van der Waals surface area contributed by atoms with Gasteiger partial charge in [-0.25, -0.2) is 4.98 Å². The van der Waals surface area contributed by atoms with E-state index in [1.54, 1.807) is 19.3 Å². The largest absolute Gasteiger partial charge is 0.368 e. The third-order valence-electron chi connectivity index (χ3n) is 2.68. The summed E-state index contributed by atoms with van der Waals surface area (Å²) in [5.41, 5.74) is 6.95. The fourth-order valence-electron chi connectivity index (χ4n) is 1.82. The molecule has 0 saturated heterocycles. The van der Waals surface area contributed by atoms with Crippen molar-refractivity contribution in [2.75, 3.05) is 5.88 Å². The molecule has 2 aromatic heterocycles. The number of hydrogen-bond donors (Lipinski definition) is 1. The fourth-order valence-corrected chi connectivity index (χ4v) is 1.99. The van der Waals surface area contributed by atoms with Crippen LogP contribution in [0.4, 0.5) is 0 Å². The smallest absolute Gasteiger partial charge is 0.240 e. The van der Waals surface area contributed by atoms with Crippen molar-refractivity contribution in [2.24, 2.45) is 5.73 Å². The first-order valence-electron chi connectivity index (χ1n) is 5.31. The zero-order valence-corrected chi connectivity index (χ0v) is 10.2. The highest BCUT2D eigenvalue weighted by Crippen LogP contribution is 2.20. The molecule has 0 bridgehead atoms. The molecule has 1 atom stereocenters. The second-order valence-corrected chi connectivity index (χ2v) is 4.16. The zero-order chi connectivity index (χ0) is 12.4. The summed E-state index contributed by atoms with van der Waals surface area (Å²) in [6, 6.07) is 1.38. The van der Waals surface area contributed by atoms with Gasteiger partial charge in [0.05, 0.1) is 11.7 Å². The SMILES string of the molecule is CC(C(N)=O)n1c(CCCl)nc2cnccc21. The number of primary amides is 1. The molecule has 0 aliphatic heterocycles. The molecule has 0 spiro atoms. The maximum Gasteiger partial charge on any atom is 0.240 e. The molecule has 17 heavy (non-hydrogen) atoms. The van der Waals surface area contributed by atoms with Crippen LogP contribution in [0.25, 0.3) is 11.0 Å². The van der Waals surface area contributed by atoms with Gasteiger partial charge in [-0.3, -0.25) is 9.78 Å². The summed E-state index contributed by atoms with van der Waals surface area (Å²) < 4.78 is 1.82. The molecule has 2 rings (SSSR count). The second-order valence-electron chi connectivity index (χ2n) is 3.78. The van der Waals surface area contributed by atoms with E-state index in [0.29, 0.717) is 12.3 Å². The highest BCUT2D eigenvalue weighted by Gasteiger charge is 2.18.